The van der Waals surface area contributed by atoms with Crippen molar-refractivity contribution in [2.75, 3.05) is 0 Å². The van der Waals surface area contributed by atoms with E-state index < -0.39 is 0 Å². The van der Waals surface area contributed by atoms with Crippen LogP contribution in [0.3, 0.4) is 0 Å². The molecular formula is C12H15N3O3. The second-order valence-corrected chi connectivity index (χ2v) is 4.89. The number of hydrogen-bond acceptors (Lipinski definition) is 4. The molecule has 1 amide bonds. The van der Waals surface area contributed by atoms with Crippen LogP contribution >= 0.6 is 0 Å². The van der Waals surface area contributed by atoms with Gasteiger partial charge in [0.25, 0.3) is 5.56 Å². The Morgan fingerprint density at radius 2 is 2.28 bits per heavy atom. The van der Waals surface area contributed by atoms with Crippen LogP contribution in [0.25, 0.3) is 0 Å². The molecule has 1 aromatic heterocycles. The van der Waals surface area contributed by atoms with Gasteiger partial charge < -0.3 is 10.1 Å². The van der Waals surface area contributed by atoms with Gasteiger partial charge in [-0.2, -0.15) is 5.10 Å². The van der Waals surface area contributed by atoms with Gasteiger partial charge in [-0.05, 0) is 37.7 Å². The van der Waals surface area contributed by atoms with Crippen LogP contribution in [0, 0.1) is 0 Å². The van der Waals surface area contributed by atoms with Gasteiger partial charge in [-0.3, -0.25) is 4.79 Å². The van der Waals surface area contributed by atoms with E-state index >= 15 is 0 Å². The van der Waals surface area contributed by atoms with Gasteiger partial charge >= 0.3 is 6.09 Å². The molecule has 2 N–H and O–H groups in total. The summed E-state index contributed by atoms with van der Waals surface area (Å²) in [5, 5.41) is 9.29. The number of rotatable bonds is 2. The molecule has 1 unspecified atom stereocenters. The minimum absolute atomic E-state index is 0.0346. The van der Waals surface area contributed by atoms with Crippen LogP contribution in [-0.2, 0) is 17.6 Å². The monoisotopic (exact) mass is 249 g/mol. The maximum atomic E-state index is 11.5. The third-order valence-electron chi connectivity index (χ3n) is 3.29. The summed E-state index contributed by atoms with van der Waals surface area (Å²) in [6.45, 7) is 0. The zero-order chi connectivity index (χ0) is 12.5. The molecule has 0 bridgehead atoms. The Labute approximate surface area is 104 Å². The number of hydrogen-bond donors (Lipinski definition) is 2. The van der Waals surface area contributed by atoms with E-state index in [1.807, 2.05) is 0 Å². The zero-order valence-electron chi connectivity index (χ0n) is 9.94. The summed E-state index contributed by atoms with van der Waals surface area (Å²) in [7, 11) is 0. The molecule has 1 aromatic rings. The van der Waals surface area contributed by atoms with Crippen LogP contribution in [0.15, 0.2) is 10.9 Å². The molecule has 1 fully saturated rings. The second kappa shape index (κ2) is 4.44. The molecule has 6 heteroatoms. The first-order valence-corrected chi connectivity index (χ1v) is 6.25. The van der Waals surface area contributed by atoms with Crippen molar-refractivity contribution in [2.24, 2.45) is 0 Å². The molecule has 1 saturated carbocycles. The molecule has 0 aromatic carbocycles. The largest absolute Gasteiger partial charge is 0.446 e. The van der Waals surface area contributed by atoms with Crippen LogP contribution < -0.4 is 10.9 Å². The summed E-state index contributed by atoms with van der Waals surface area (Å²) >= 11 is 0. The van der Waals surface area contributed by atoms with Crippen LogP contribution in [0.5, 0.6) is 0 Å². The van der Waals surface area contributed by atoms with Crippen LogP contribution in [-0.4, -0.2) is 28.4 Å². The van der Waals surface area contributed by atoms with Crippen LogP contribution in [0.2, 0.25) is 0 Å². The summed E-state index contributed by atoms with van der Waals surface area (Å²) in [5.74, 6) is 0. The molecule has 96 valence electrons. The fraction of sp³-hybridized carbons (Fsp3) is 0.583. The van der Waals surface area contributed by atoms with Gasteiger partial charge in [0.15, 0.2) is 0 Å². The number of carbonyl (C=O) groups is 1. The predicted octanol–water partition coefficient (Wildman–Crippen LogP) is 0.516. The van der Waals surface area contributed by atoms with E-state index in [2.05, 4.69) is 15.5 Å². The number of H-pyrrole nitrogens is 1. The maximum Gasteiger partial charge on any atom is 0.407 e. The lowest BCUT2D eigenvalue weighted by Gasteiger charge is -2.23. The molecule has 6 nitrogen and oxygen atoms in total. The first-order valence-electron chi connectivity index (χ1n) is 6.25. The van der Waals surface area contributed by atoms with Gasteiger partial charge in [0.05, 0.1) is 5.69 Å². The molecule has 0 saturated heterocycles. The molecule has 0 aliphatic heterocycles. The zero-order valence-corrected chi connectivity index (χ0v) is 9.94. The van der Waals surface area contributed by atoms with Crippen molar-refractivity contribution in [3.8, 4) is 0 Å². The van der Waals surface area contributed by atoms with Gasteiger partial charge in [-0.25, -0.2) is 9.89 Å². The van der Waals surface area contributed by atoms with Gasteiger partial charge in [0.1, 0.15) is 6.10 Å². The quantitative estimate of drug-likeness (QED) is 0.800. The average molecular weight is 249 g/mol. The first kappa shape index (κ1) is 11.3. The van der Waals surface area contributed by atoms with E-state index in [-0.39, 0.29) is 23.8 Å². The fourth-order valence-electron chi connectivity index (χ4n) is 2.20. The van der Waals surface area contributed by atoms with Crippen molar-refractivity contribution in [3.05, 3.63) is 27.7 Å². The second-order valence-electron chi connectivity index (χ2n) is 4.89. The number of aromatic amines is 1. The van der Waals surface area contributed by atoms with Crippen molar-refractivity contribution < 1.29 is 9.53 Å². The Morgan fingerprint density at radius 1 is 1.44 bits per heavy atom. The highest BCUT2D eigenvalue weighted by Crippen LogP contribution is 2.24. The Bertz CT molecular complexity index is 522. The van der Waals surface area contributed by atoms with Crippen molar-refractivity contribution in [3.63, 3.8) is 0 Å². The third kappa shape index (κ3) is 2.52. The number of fused-ring (bicyclic) bond motifs is 1. The summed E-state index contributed by atoms with van der Waals surface area (Å²) < 4.78 is 5.14. The lowest BCUT2D eigenvalue weighted by atomic mass is 9.92. The molecule has 0 spiro atoms. The lowest BCUT2D eigenvalue weighted by molar-refractivity contribution is 0.134. The molecule has 0 radical (unpaired) electrons. The SMILES string of the molecule is O=C(NC1CCc2n[nH]c(=O)cc2C1)OC1CC1. The predicted molar refractivity (Wildman–Crippen MR) is 63.3 cm³/mol. The fourth-order valence-corrected chi connectivity index (χ4v) is 2.20. The number of aryl methyl sites for hydroxylation is 1. The number of alkyl carbamates (subject to hydrolysis) is 1. The molecule has 1 heterocycles. The topological polar surface area (TPSA) is 84.1 Å². The Morgan fingerprint density at radius 3 is 3.06 bits per heavy atom. The van der Waals surface area contributed by atoms with E-state index in [0.29, 0.717) is 6.42 Å². The number of amides is 1. The number of nitrogens with one attached hydrogen (secondary N) is 2. The molecule has 1 atom stereocenters. The minimum atomic E-state index is -0.344. The van der Waals surface area contributed by atoms with E-state index in [9.17, 15) is 9.59 Å². The van der Waals surface area contributed by atoms with Crippen LogP contribution in [0.1, 0.15) is 30.5 Å². The molecule has 2 aliphatic rings. The minimum Gasteiger partial charge on any atom is -0.446 e. The van der Waals surface area contributed by atoms with Crippen molar-refractivity contribution in [1.29, 1.82) is 0 Å². The Kier molecular flexibility index (Phi) is 2.77. The highest BCUT2D eigenvalue weighted by atomic mass is 16.6. The van der Waals surface area contributed by atoms with Crippen molar-refractivity contribution in [2.45, 2.75) is 44.2 Å². The third-order valence-corrected chi connectivity index (χ3v) is 3.29. The van der Waals surface area contributed by atoms with E-state index in [0.717, 1.165) is 36.9 Å². The first-order chi connectivity index (χ1) is 8.70. The van der Waals surface area contributed by atoms with Gasteiger partial charge in [-0.1, -0.05) is 0 Å². The summed E-state index contributed by atoms with van der Waals surface area (Å²) in [5.41, 5.74) is 1.64. The standard InChI is InChI=1S/C12H15N3O3/c16-11-6-7-5-8(1-4-10(7)14-15-11)13-12(17)18-9-2-3-9/h6,8-9H,1-5H2,(H,13,17)(H,15,16). The number of carbonyl (C=O) groups excluding carboxylic acids is 1. The van der Waals surface area contributed by atoms with E-state index in [4.69, 9.17) is 4.74 Å². The molecular weight excluding hydrogens is 234 g/mol. The van der Waals surface area contributed by atoms with Gasteiger partial charge in [0.2, 0.25) is 0 Å². The lowest BCUT2D eigenvalue weighted by Crippen LogP contribution is -2.40. The molecule has 3 rings (SSSR count). The normalized spacial score (nSPS) is 22.1. The Balaban J connectivity index is 1.62. The van der Waals surface area contributed by atoms with Gasteiger partial charge in [-0.15, -0.1) is 0 Å². The van der Waals surface area contributed by atoms with Crippen molar-refractivity contribution in [1.82, 2.24) is 15.5 Å². The maximum absolute atomic E-state index is 11.5. The van der Waals surface area contributed by atoms with Gasteiger partial charge in [0, 0.05) is 12.1 Å². The van der Waals surface area contributed by atoms with Crippen LogP contribution in [0.4, 0.5) is 4.79 Å². The summed E-state index contributed by atoms with van der Waals surface area (Å²) in [6.07, 6.45) is 3.95. The van der Waals surface area contributed by atoms with E-state index in [1.165, 1.54) is 0 Å². The van der Waals surface area contributed by atoms with Crippen molar-refractivity contribution >= 4 is 6.09 Å². The number of nitrogens with zero attached hydrogens (tertiary/aromatic N) is 1. The van der Waals surface area contributed by atoms with E-state index in [1.54, 1.807) is 6.07 Å². The summed E-state index contributed by atoms with van der Waals surface area (Å²) in [4.78, 5) is 22.7. The average Bonchev–Trinajstić information content (AvgIpc) is 3.12. The number of ether oxygens (including phenoxy) is 1. The highest BCUT2D eigenvalue weighted by Gasteiger charge is 2.28. The molecule has 2 aliphatic carbocycles. The number of aromatic nitrogens is 2. The smallest absolute Gasteiger partial charge is 0.407 e. The summed E-state index contributed by atoms with van der Waals surface area (Å²) in [6, 6.07) is 1.59. The highest BCUT2D eigenvalue weighted by molar-refractivity contribution is 5.68. The molecule has 18 heavy (non-hydrogen) atoms. The Hall–Kier alpha value is -1.85.